The van der Waals surface area contributed by atoms with Crippen LogP contribution in [-0.2, 0) is 13.0 Å². The summed E-state index contributed by atoms with van der Waals surface area (Å²) >= 11 is 0. The summed E-state index contributed by atoms with van der Waals surface area (Å²) in [5, 5.41) is 9.11. The average molecular weight is 335 g/mol. The molecule has 3 heterocycles. The topological polar surface area (TPSA) is 95.0 Å². The summed E-state index contributed by atoms with van der Waals surface area (Å²) in [6.07, 6.45) is 4.63. The smallest absolute Gasteiger partial charge is 0.230 e. The van der Waals surface area contributed by atoms with E-state index in [0.717, 1.165) is 38.9 Å². The fraction of sp³-hybridized carbons (Fsp3) is 0.444. The lowest BCUT2D eigenvalue weighted by Crippen LogP contribution is -2.43. The molecule has 2 aliphatic heterocycles. The second-order valence-corrected chi connectivity index (χ2v) is 6.70. The first kappa shape index (κ1) is 15.8. The SMILES string of the molecule is N#Cc1ccc2c(c1)CN(c1ncnc(N3CCCC(N)C3)n1)CC2. The molecule has 2 aliphatic rings. The molecule has 1 aromatic carbocycles. The third-order valence-electron chi connectivity index (χ3n) is 4.92. The van der Waals surface area contributed by atoms with Crippen LogP contribution in [0.5, 0.6) is 0 Å². The van der Waals surface area contributed by atoms with Crippen molar-refractivity contribution in [2.45, 2.75) is 31.8 Å². The highest BCUT2D eigenvalue weighted by Gasteiger charge is 2.22. The molecule has 0 saturated carbocycles. The van der Waals surface area contributed by atoms with Crippen LogP contribution in [0.15, 0.2) is 24.5 Å². The minimum atomic E-state index is 0.181. The van der Waals surface area contributed by atoms with Crippen LogP contribution in [0.3, 0.4) is 0 Å². The molecule has 7 nitrogen and oxygen atoms in total. The molecule has 25 heavy (non-hydrogen) atoms. The number of nitrogens with two attached hydrogens (primary N) is 1. The van der Waals surface area contributed by atoms with Crippen molar-refractivity contribution in [3.05, 3.63) is 41.2 Å². The Hall–Kier alpha value is -2.72. The highest BCUT2D eigenvalue weighted by molar-refractivity contribution is 5.45. The van der Waals surface area contributed by atoms with Gasteiger partial charge in [0.05, 0.1) is 11.6 Å². The number of rotatable bonds is 2. The van der Waals surface area contributed by atoms with Gasteiger partial charge in [-0.1, -0.05) is 6.07 Å². The predicted octanol–water partition coefficient (Wildman–Crippen LogP) is 1.23. The molecule has 0 radical (unpaired) electrons. The summed E-state index contributed by atoms with van der Waals surface area (Å²) in [7, 11) is 0. The van der Waals surface area contributed by atoms with Crippen LogP contribution in [-0.4, -0.2) is 40.6 Å². The zero-order valence-corrected chi connectivity index (χ0v) is 14.1. The van der Waals surface area contributed by atoms with Gasteiger partial charge >= 0.3 is 0 Å². The standard InChI is InChI=1S/C18H21N7/c19-9-13-3-4-14-5-7-25(10-15(14)8-13)18-22-12-21-17(23-18)24-6-1-2-16(20)11-24/h3-4,8,12,16H,1-2,5-7,10-11,20H2. The van der Waals surface area contributed by atoms with Gasteiger partial charge in [0.2, 0.25) is 11.9 Å². The van der Waals surface area contributed by atoms with Gasteiger partial charge in [0, 0.05) is 32.2 Å². The number of hydrogen-bond donors (Lipinski definition) is 1. The maximum atomic E-state index is 9.11. The van der Waals surface area contributed by atoms with Gasteiger partial charge in [0.1, 0.15) is 6.33 Å². The molecule has 128 valence electrons. The number of fused-ring (bicyclic) bond motifs is 1. The number of nitrogens with zero attached hydrogens (tertiary/aromatic N) is 6. The van der Waals surface area contributed by atoms with E-state index in [0.29, 0.717) is 24.0 Å². The number of benzene rings is 1. The van der Waals surface area contributed by atoms with Crippen molar-refractivity contribution in [1.82, 2.24) is 15.0 Å². The number of anilines is 2. The van der Waals surface area contributed by atoms with E-state index >= 15 is 0 Å². The van der Waals surface area contributed by atoms with Crippen molar-refractivity contribution in [3.63, 3.8) is 0 Å². The summed E-state index contributed by atoms with van der Waals surface area (Å²) in [6.45, 7) is 3.30. The second kappa shape index (κ2) is 6.65. The first-order chi connectivity index (χ1) is 12.2. The molecular formula is C18H21N7. The summed E-state index contributed by atoms with van der Waals surface area (Å²) in [5.74, 6) is 1.40. The van der Waals surface area contributed by atoms with E-state index in [4.69, 9.17) is 11.0 Å². The molecule has 4 rings (SSSR count). The van der Waals surface area contributed by atoms with Crippen LogP contribution in [0.4, 0.5) is 11.9 Å². The summed E-state index contributed by atoms with van der Waals surface area (Å²) in [6, 6.07) is 8.29. The van der Waals surface area contributed by atoms with E-state index in [1.165, 1.54) is 11.1 Å². The average Bonchev–Trinajstić information content (AvgIpc) is 2.67. The third-order valence-corrected chi connectivity index (χ3v) is 4.92. The molecule has 0 spiro atoms. The van der Waals surface area contributed by atoms with Gasteiger partial charge < -0.3 is 15.5 Å². The molecule has 2 N–H and O–H groups in total. The van der Waals surface area contributed by atoms with Crippen molar-refractivity contribution in [1.29, 1.82) is 5.26 Å². The summed E-state index contributed by atoms with van der Waals surface area (Å²) in [4.78, 5) is 17.7. The van der Waals surface area contributed by atoms with Gasteiger partial charge in [-0.05, 0) is 42.5 Å². The van der Waals surface area contributed by atoms with E-state index < -0.39 is 0 Å². The van der Waals surface area contributed by atoms with E-state index in [1.807, 2.05) is 12.1 Å². The maximum Gasteiger partial charge on any atom is 0.230 e. The van der Waals surface area contributed by atoms with Crippen LogP contribution in [0.1, 0.15) is 29.5 Å². The van der Waals surface area contributed by atoms with Crippen LogP contribution in [0.2, 0.25) is 0 Å². The summed E-state index contributed by atoms with van der Waals surface area (Å²) < 4.78 is 0. The highest BCUT2D eigenvalue weighted by atomic mass is 15.3. The van der Waals surface area contributed by atoms with Crippen molar-refractivity contribution in [2.24, 2.45) is 5.73 Å². The molecule has 1 aromatic heterocycles. The predicted molar refractivity (Wildman–Crippen MR) is 95.2 cm³/mol. The highest BCUT2D eigenvalue weighted by Crippen LogP contribution is 2.24. The van der Waals surface area contributed by atoms with E-state index in [-0.39, 0.29) is 6.04 Å². The quantitative estimate of drug-likeness (QED) is 0.882. The van der Waals surface area contributed by atoms with Crippen molar-refractivity contribution in [3.8, 4) is 6.07 Å². The zero-order valence-electron chi connectivity index (χ0n) is 14.1. The number of hydrogen-bond acceptors (Lipinski definition) is 7. The Bertz CT molecular complexity index is 813. The monoisotopic (exact) mass is 335 g/mol. The number of nitriles is 1. The van der Waals surface area contributed by atoms with E-state index in [9.17, 15) is 0 Å². The molecule has 2 aromatic rings. The van der Waals surface area contributed by atoms with E-state index in [1.54, 1.807) is 6.33 Å². The molecule has 1 fully saturated rings. The molecule has 0 aliphatic carbocycles. The largest absolute Gasteiger partial charge is 0.339 e. The van der Waals surface area contributed by atoms with Gasteiger partial charge in [-0.25, -0.2) is 9.97 Å². The molecule has 7 heteroatoms. The lowest BCUT2D eigenvalue weighted by Gasteiger charge is -2.32. The normalized spacial score (nSPS) is 20.1. The molecule has 1 atom stereocenters. The zero-order chi connectivity index (χ0) is 17.2. The Morgan fingerprint density at radius 3 is 2.76 bits per heavy atom. The Morgan fingerprint density at radius 1 is 1.12 bits per heavy atom. The molecular weight excluding hydrogens is 314 g/mol. The maximum absolute atomic E-state index is 9.11. The number of aromatic nitrogens is 3. The van der Waals surface area contributed by atoms with E-state index in [2.05, 4.69) is 36.9 Å². The Morgan fingerprint density at radius 2 is 1.96 bits per heavy atom. The lowest BCUT2D eigenvalue weighted by molar-refractivity contribution is 0.499. The van der Waals surface area contributed by atoms with Crippen molar-refractivity contribution < 1.29 is 0 Å². The molecule has 0 bridgehead atoms. The van der Waals surface area contributed by atoms with Crippen LogP contribution >= 0.6 is 0 Å². The first-order valence-electron chi connectivity index (χ1n) is 8.69. The van der Waals surface area contributed by atoms with Gasteiger partial charge in [0.15, 0.2) is 0 Å². The van der Waals surface area contributed by atoms with Crippen LogP contribution < -0.4 is 15.5 Å². The van der Waals surface area contributed by atoms with Gasteiger partial charge in [0.25, 0.3) is 0 Å². The molecule has 0 amide bonds. The van der Waals surface area contributed by atoms with Gasteiger partial charge in [-0.3, -0.25) is 0 Å². The van der Waals surface area contributed by atoms with Crippen molar-refractivity contribution in [2.75, 3.05) is 29.4 Å². The first-order valence-corrected chi connectivity index (χ1v) is 8.69. The Kier molecular flexibility index (Phi) is 4.20. The number of piperidine rings is 1. The third kappa shape index (κ3) is 3.26. The van der Waals surface area contributed by atoms with Crippen LogP contribution in [0, 0.1) is 11.3 Å². The Balaban J connectivity index is 1.56. The lowest BCUT2D eigenvalue weighted by atomic mass is 9.98. The molecule has 1 unspecified atom stereocenters. The van der Waals surface area contributed by atoms with Gasteiger partial charge in [-0.2, -0.15) is 10.2 Å². The Labute approximate surface area is 147 Å². The second-order valence-electron chi connectivity index (χ2n) is 6.70. The molecule has 1 saturated heterocycles. The summed E-state index contributed by atoms with van der Waals surface area (Å²) in [5.41, 5.74) is 9.24. The minimum Gasteiger partial charge on any atom is -0.339 e. The minimum absolute atomic E-state index is 0.181. The van der Waals surface area contributed by atoms with Gasteiger partial charge in [-0.15, -0.1) is 0 Å². The fourth-order valence-corrected chi connectivity index (χ4v) is 3.57. The fourth-order valence-electron chi connectivity index (χ4n) is 3.57. The van der Waals surface area contributed by atoms with Crippen molar-refractivity contribution >= 4 is 11.9 Å². The van der Waals surface area contributed by atoms with Crippen LogP contribution in [0.25, 0.3) is 0 Å².